The van der Waals surface area contributed by atoms with Gasteiger partial charge in [-0.05, 0) is 31.2 Å². The number of sulfonamides is 1. The van der Waals surface area contributed by atoms with Crippen LogP contribution in [0, 0.1) is 11.3 Å². The fourth-order valence-electron chi connectivity index (χ4n) is 1.88. The molecule has 0 aliphatic heterocycles. The Labute approximate surface area is 128 Å². The third kappa shape index (κ3) is 4.56. The molecular formula is C15H28N2O3S. The topological polar surface area (TPSA) is 71.3 Å². The summed E-state index contributed by atoms with van der Waals surface area (Å²) in [6.07, 6.45) is 1.58. The van der Waals surface area contributed by atoms with Crippen molar-refractivity contribution in [2.24, 2.45) is 11.3 Å². The highest BCUT2D eigenvalue weighted by atomic mass is 32.2. The van der Waals surface area contributed by atoms with E-state index in [1.807, 2.05) is 20.8 Å². The minimum Gasteiger partial charge on any atom is -0.390 e. The highest BCUT2D eigenvalue weighted by Crippen LogP contribution is 2.25. The van der Waals surface area contributed by atoms with Crippen molar-refractivity contribution in [2.45, 2.75) is 59.1 Å². The lowest BCUT2D eigenvalue weighted by Crippen LogP contribution is -2.33. The van der Waals surface area contributed by atoms with Crippen LogP contribution in [0.1, 0.15) is 53.3 Å². The quantitative estimate of drug-likeness (QED) is 0.847. The summed E-state index contributed by atoms with van der Waals surface area (Å²) in [6.45, 7) is 12.4. The maximum atomic E-state index is 12.4. The van der Waals surface area contributed by atoms with E-state index < -0.39 is 10.0 Å². The Morgan fingerprint density at radius 1 is 1.29 bits per heavy atom. The van der Waals surface area contributed by atoms with Gasteiger partial charge in [0, 0.05) is 24.5 Å². The van der Waals surface area contributed by atoms with Crippen molar-refractivity contribution < 1.29 is 13.5 Å². The molecule has 21 heavy (non-hydrogen) atoms. The fraction of sp³-hybridized carbons (Fsp3) is 0.733. The van der Waals surface area contributed by atoms with Gasteiger partial charge in [-0.15, -0.1) is 0 Å². The van der Waals surface area contributed by atoms with Gasteiger partial charge in [0.1, 0.15) is 0 Å². The van der Waals surface area contributed by atoms with E-state index in [9.17, 15) is 13.5 Å². The van der Waals surface area contributed by atoms with Crippen molar-refractivity contribution in [2.75, 3.05) is 6.54 Å². The highest BCUT2D eigenvalue weighted by Gasteiger charge is 2.24. The van der Waals surface area contributed by atoms with Gasteiger partial charge in [0.25, 0.3) is 0 Å². The Morgan fingerprint density at radius 2 is 1.86 bits per heavy atom. The van der Waals surface area contributed by atoms with Crippen LogP contribution in [0.2, 0.25) is 0 Å². The van der Waals surface area contributed by atoms with E-state index in [0.717, 1.165) is 0 Å². The molecule has 1 unspecified atom stereocenters. The first kappa shape index (κ1) is 18.2. The first-order chi connectivity index (χ1) is 9.49. The Morgan fingerprint density at radius 3 is 2.24 bits per heavy atom. The zero-order chi connectivity index (χ0) is 16.4. The summed E-state index contributed by atoms with van der Waals surface area (Å²) < 4.78 is 29.2. The lowest BCUT2D eigenvalue weighted by Gasteiger charge is -2.27. The summed E-state index contributed by atoms with van der Waals surface area (Å²) in [4.78, 5) is 0.210. The van der Waals surface area contributed by atoms with Gasteiger partial charge >= 0.3 is 0 Å². The number of aliphatic hydroxyl groups is 1. The van der Waals surface area contributed by atoms with Gasteiger partial charge in [-0.3, -0.25) is 0 Å². The summed E-state index contributed by atoms with van der Waals surface area (Å²) in [5.41, 5.74) is 0.650. The molecule has 1 atom stereocenters. The first-order valence-corrected chi connectivity index (χ1v) is 8.78. The molecule has 6 heteroatoms. The van der Waals surface area contributed by atoms with Crippen molar-refractivity contribution >= 4 is 10.0 Å². The molecule has 2 N–H and O–H groups in total. The SMILES string of the molecule is CC(C)n1cc(S(=O)(=O)NCC(C)C(C)(C)C)cc1CO. The molecule has 0 bridgehead atoms. The highest BCUT2D eigenvalue weighted by molar-refractivity contribution is 7.89. The molecule has 0 aliphatic rings. The van der Waals surface area contributed by atoms with Gasteiger partial charge < -0.3 is 9.67 Å². The molecular weight excluding hydrogens is 288 g/mol. The molecule has 5 nitrogen and oxygen atoms in total. The van der Waals surface area contributed by atoms with Crippen LogP contribution in [-0.2, 0) is 16.6 Å². The number of nitrogens with one attached hydrogen (secondary N) is 1. The van der Waals surface area contributed by atoms with Gasteiger partial charge in [0.2, 0.25) is 10.0 Å². The first-order valence-electron chi connectivity index (χ1n) is 7.30. The lowest BCUT2D eigenvalue weighted by atomic mass is 9.82. The number of nitrogens with zero attached hydrogens (tertiary/aromatic N) is 1. The predicted molar refractivity (Wildman–Crippen MR) is 84.5 cm³/mol. The molecule has 0 spiro atoms. The number of aromatic nitrogens is 1. The molecule has 0 amide bonds. The second kappa shape index (κ2) is 6.50. The number of rotatable bonds is 6. The average Bonchev–Trinajstić information content (AvgIpc) is 2.79. The van der Waals surface area contributed by atoms with Gasteiger partial charge in [0.05, 0.1) is 11.5 Å². The van der Waals surface area contributed by atoms with Crippen LogP contribution < -0.4 is 4.72 Å². The Bertz CT molecular complexity index is 568. The molecule has 1 heterocycles. The zero-order valence-corrected chi connectivity index (χ0v) is 14.7. The molecule has 1 rings (SSSR count). The van der Waals surface area contributed by atoms with Crippen LogP contribution in [0.5, 0.6) is 0 Å². The van der Waals surface area contributed by atoms with Crippen LogP contribution in [0.15, 0.2) is 17.2 Å². The predicted octanol–water partition coefficient (Wildman–Crippen LogP) is 2.52. The summed E-state index contributed by atoms with van der Waals surface area (Å²) in [7, 11) is -3.54. The molecule has 122 valence electrons. The van der Waals surface area contributed by atoms with Gasteiger partial charge in [-0.2, -0.15) is 0 Å². The van der Waals surface area contributed by atoms with E-state index in [-0.39, 0.29) is 28.9 Å². The summed E-state index contributed by atoms with van der Waals surface area (Å²) >= 11 is 0. The van der Waals surface area contributed by atoms with Gasteiger partial charge in [0.15, 0.2) is 0 Å². The third-order valence-electron chi connectivity index (χ3n) is 3.99. The molecule has 0 fully saturated rings. The molecule has 0 radical (unpaired) electrons. The van der Waals surface area contributed by atoms with E-state index in [4.69, 9.17) is 0 Å². The summed E-state index contributed by atoms with van der Waals surface area (Å²) in [6, 6.07) is 1.63. The zero-order valence-electron chi connectivity index (χ0n) is 13.8. The minimum absolute atomic E-state index is 0.0443. The Kier molecular flexibility index (Phi) is 5.63. The normalized spacial score (nSPS) is 14.7. The van der Waals surface area contributed by atoms with E-state index >= 15 is 0 Å². The Hall–Kier alpha value is -0.850. The van der Waals surface area contributed by atoms with Crippen LogP contribution in [0.3, 0.4) is 0 Å². The van der Waals surface area contributed by atoms with Crippen LogP contribution in [-0.4, -0.2) is 24.6 Å². The third-order valence-corrected chi connectivity index (χ3v) is 5.38. The van der Waals surface area contributed by atoms with Crippen molar-refractivity contribution in [3.05, 3.63) is 18.0 Å². The van der Waals surface area contributed by atoms with Gasteiger partial charge in [-0.25, -0.2) is 13.1 Å². The van der Waals surface area contributed by atoms with E-state index in [1.54, 1.807) is 10.8 Å². The monoisotopic (exact) mass is 316 g/mol. The molecule has 1 aromatic rings. The molecule has 0 aliphatic carbocycles. The van der Waals surface area contributed by atoms with Crippen molar-refractivity contribution in [1.29, 1.82) is 0 Å². The molecule has 0 aromatic carbocycles. The van der Waals surface area contributed by atoms with Crippen LogP contribution in [0.25, 0.3) is 0 Å². The van der Waals surface area contributed by atoms with E-state index in [2.05, 4.69) is 25.5 Å². The second-order valence-electron chi connectivity index (χ2n) is 6.95. The maximum absolute atomic E-state index is 12.4. The molecule has 0 saturated heterocycles. The lowest BCUT2D eigenvalue weighted by molar-refractivity contribution is 0.263. The minimum atomic E-state index is -3.54. The van der Waals surface area contributed by atoms with Crippen molar-refractivity contribution in [3.8, 4) is 0 Å². The smallest absolute Gasteiger partial charge is 0.242 e. The largest absolute Gasteiger partial charge is 0.390 e. The van der Waals surface area contributed by atoms with Crippen LogP contribution in [0.4, 0.5) is 0 Å². The Balaban J connectivity index is 2.94. The molecule has 0 saturated carbocycles. The van der Waals surface area contributed by atoms with E-state index in [0.29, 0.717) is 12.2 Å². The van der Waals surface area contributed by atoms with Crippen LogP contribution >= 0.6 is 0 Å². The number of hydrogen-bond donors (Lipinski definition) is 2. The summed E-state index contributed by atoms with van der Waals surface area (Å²) in [5.74, 6) is 0.219. The number of hydrogen-bond acceptors (Lipinski definition) is 3. The van der Waals surface area contributed by atoms with E-state index in [1.165, 1.54) is 6.07 Å². The molecule has 1 aromatic heterocycles. The summed E-state index contributed by atoms with van der Waals surface area (Å²) in [5, 5.41) is 9.34. The second-order valence-corrected chi connectivity index (χ2v) is 8.71. The standard InChI is InChI=1S/C15H28N2O3S/c1-11(2)17-9-14(7-13(17)10-18)21(19,20)16-8-12(3)15(4,5)6/h7,9,11-12,16,18H,8,10H2,1-6H3. The number of aliphatic hydroxyl groups excluding tert-OH is 1. The van der Waals surface area contributed by atoms with Gasteiger partial charge in [-0.1, -0.05) is 27.7 Å². The van der Waals surface area contributed by atoms with Crippen molar-refractivity contribution in [1.82, 2.24) is 9.29 Å². The maximum Gasteiger partial charge on any atom is 0.242 e. The fourth-order valence-corrected chi connectivity index (χ4v) is 3.05. The van der Waals surface area contributed by atoms with Crippen molar-refractivity contribution in [3.63, 3.8) is 0 Å². The average molecular weight is 316 g/mol.